The Morgan fingerprint density at radius 2 is 2.35 bits per heavy atom. The standard InChI is InChI=1S/C13H18N2O3S2/c1-5-18-12(17)8(3)20-13-14-9-6-7(2)19-10(9)11(16)15(13)4/h7-8H,5-6H2,1-4H3/t7-,8-/m1/s1. The molecule has 2 heterocycles. The van der Waals surface area contributed by atoms with E-state index in [1.165, 1.54) is 16.3 Å². The van der Waals surface area contributed by atoms with Gasteiger partial charge in [0, 0.05) is 18.7 Å². The average molecular weight is 314 g/mol. The minimum Gasteiger partial charge on any atom is -0.465 e. The monoisotopic (exact) mass is 314 g/mol. The van der Waals surface area contributed by atoms with E-state index in [0.717, 1.165) is 17.0 Å². The number of carbonyl (C=O) groups is 1. The summed E-state index contributed by atoms with van der Waals surface area (Å²) in [7, 11) is 1.69. The molecular weight excluding hydrogens is 296 g/mol. The summed E-state index contributed by atoms with van der Waals surface area (Å²) in [6.07, 6.45) is 0.803. The molecule has 1 aliphatic heterocycles. The Morgan fingerprint density at radius 1 is 1.65 bits per heavy atom. The van der Waals surface area contributed by atoms with Crippen LogP contribution in [-0.4, -0.2) is 32.6 Å². The van der Waals surface area contributed by atoms with Gasteiger partial charge in [-0.2, -0.15) is 0 Å². The van der Waals surface area contributed by atoms with Crippen LogP contribution in [0.4, 0.5) is 0 Å². The van der Waals surface area contributed by atoms with Crippen molar-refractivity contribution in [3.8, 4) is 0 Å². The van der Waals surface area contributed by atoms with E-state index in [0.29, 0.717) is 17.0 Å². The smallest absolute Gasteiger partial charge is 0.319 e. The summed E-state index contributed by atoms with van der Waals surface area (Å²) in [6, 6.07) is 0. The van der Waals surface area contributed by atoms with Crippen molar-refractivity contribution in [1.29, 1.82) is 0 Å². The molecular formula is C13H18N2O3S2. The second-order valence-electron chi connectivity index (χ2n) is 4.68. The number of esters is 1. The molecule has 1 aromatic heterocycles. The van der Waals surface area contributed by atoms with Crippen molar-refractivity contribution >= 4 is 29.5 Å². The van der Waals surface area contributed by atoms with Crippen LogP contribution in [-0.2, 0) is 23.0 Å². The summed E-state index contributed by atoms with van der Waals surface area (Å²) in [5, 5.41) is 0.578. The predicted molar refractivity (Wildman–Crippen MR) is 80.5 cm³/mol. The maximum atomic E-state index is 12.3. The van der Waals surface area contributed by atoms with Crippen molar-refractivity contribution in [2.45, 2.75) is 47.7 Å². The Labute approximate surface area is 126 Å². The van der Waals surface area contributed by atoms with E-state index >= 15 is 0 Å². The Kier molecular flexibility index (Phi) is 4.80. The zero-order chi connectivity index (χ0) is 14.9. The topological polar surface area (TPSA) is 61.2 Å². The summed E-state index contributed by atoms with van der Waals surface area (Å²) in [4.78, 5) is 29.2. The zero-order valence-electron chi connectivity index (χ0n) is 12.0. The summed E-state index contributed by atoms with van der Waals surface area (Å²) >= 11 is 2.84. The van der Waals surface area contributed by atoms with Gasteiger partial charge in [-0.05, 0) is 13.8 Å². The lowest BCUT2D eigenvalue weighted by molar-refractivity contribution is -0.142. The van der Waals surface area contributed by atoms with Crippen LogP contribution < -0.4 is 5.56 Å². The van der Waals surface area contributed by atoms with E-state index in [1.807, 2.05) is 0 Å². The largest absolute Gasteiger partial charge is 0.465 e. The van der Waals surface area contributed by atoms with E-state index in [4.69, 9.17) is 4.74 Å². The molecule has 0 aliphatic carbocycles. The summed E-state index contributed by atoms with van der Waals surface area (Å²) in [6.45, 7) is 5.98. The fourth-order valence-electron chi connectivity index (χ4n) is 1.95. The molecule has 0 N–H and O–H groups in total. The number of ether oxygens (including phenoxy) is 1. The normalized spacial score (nSPS) is 18.7. The number of rotatable bonds is 4. The van der Waals surface area contributed by atoms with Crippen LogP contribution in [0.1, 0.15) is 26.5 Å². The minimum atomic E-state index is -0.377. The molecule has 0 saturated carbocycles. The molecule has 0 aromatic carbocycles. The first-order valence-electron chi connectivity index (χ1n) is 6.53. The molecule has 0 bridgehead atoms. The Morgan fingerprint density at radius 3 is 3.00 bits per heavy atom. The van der Waals surface area contributed by atoms with E-state index in [-0.39, 0.29) is 16.8 Å². The van der Waals surface area contributed by atoms with E-state index < -0.39 is 0 Å². The molecule has 20 heavy (non-hydrogen) atoms. The number of fused-ring (bicyclic) bond motifs is 1. The van der Waals surface area contributed by atoms with Crippen molar-refractivity contribution in [1.82, 2.24) is 9.55 Å². The third-order valence-electron chi connectivity index (χ3n) is 2.98. The van der Waals surface area contributed by atoms with E-state index in [2.05, 4.69) is 11.9 Å². The molecule has 0 unspecified atom stereocenters. The molecule has 1 aliphatic rings. The van der Waals surface area contributed by atoms with Crippen molar-refractivity contribution in [2.24, 2.45) is 7.05 Å². The maximum Gasteiger partial charge on any atom is 0.319 e. The lowest BCUT2D eigenvalue weighted by Gasteiger charge is -2.13. The van der Waals surface area contributed by atoms with Gasteiger partial charge in [0.2, 0.25) is 0 Å². The Hall–Kier alpha value is -0.950. The maximum absolute atomic E-state index is 12.3. The second-order valence-corrected chi connectivity index (χ2v) is 7.44. The molecule has 0 saturated heterocycles. The SMILES string of the molecule is CCOC(=O)[C@@H](C)Sc1nc2c(c(=O)n1C)S[C@H](C)C2. The van der Waals surface area contributed by atoms with Gasteiger partial charge in [-0.3, -0.25) is 14.2 Å². The highest BCUT2D eigenvalue weighted by Gasteiger charge is 2.26. The fraction of sp³-hybridized carbons (Fsp3) is 0.615. The highest BCUT2D eigenvalue weighted by atomic mass is 32.2. The van der Waals surface area contributed by atoms with Gasteiger partial charge in [-0.1, -0.05) is 18.7 Å². The number of thioether (sulfide) groups is 2. The molecule has 2 atom stereocenters. The van der Waals surface area contributed by atoms with Gasteiger partial charge < -0.3 is 4.74 Å². The first-order chi connectivity index (χ1) is 9.43. The van der Waals surface area contributed by atoms with Crippen LogP contribution in [0.15, 0.2) is 14.8 Å². The molecule has 0 spiro atoms. The van der Waals surface area contributed by atoms with Gasteiger partial charge in [0.15, 0.2) is 5.16 Å². The molecule has 7 heteroatoms. The van der Waals surface area contributed by atoms with Gasteiger partial charge in [0.25, 0.3) is 5.56 Å². The third-order valence-corrected chi connectivity index (χ3v) is 5.32. The summed E-state index contributed by atoms with van der Waals surface area (Å²) in [5.41, 5.74) is 0.826. The van der Waals surface area contributed by atoms with Crippen LogP contribution in [0.5, 0.6) is 0 Å². The summed E-state index contributed by atoms with van der Waals surface area (Å²) in [5.74, 6) is -0.282. The molecule has 0 radical (unpaired) electrons. The molecule has 1 aromatic rings. The van der Waals surface area contributed by atoms with Crippen molar-refractivity contribution in [3.63, 3.8) is 0 Å². The highest BCUT2D eigenvalue weighted by Crippen LogP contribution is 2.34. The van der Waals surface area contributed by atoms with Gasteiger partial charge in [0.05, 0.1) is 17.2 Å². The summed E-state index contributed by atoms with van der Waals surface area (Å²) < 4.78 is 6.49. The quantitative estimate of drug-likeness (QED) is 0.480. The van der Waals surface area contributed by atoms with Crippen LogP contribution in [0.25, 0.3) is 0 Å². The zero-order valence-corrected chi connectivity index (χ0v) is 13.6. The predicted octanol–water partition coefficient (Wildman–Crippen LogP) is 1.86. The molecule has 2 rings (SSSR count). The van der Waals surface area contributed by atoms with E-state index in [9.17, 15) is 9.59 Å². The minimum absolute atomic E-state index is 0.0251. The molecule has 0 amide bonds. The second kappa shape index (κ2) is 6.22. The van der Waals surface area contributed by atoms with E-state index in [1.54, 1.807) is 32.7 Å². The van der Waals surface area contributed by atoms with Crippen LogP contribution in [0, 0.1) is 0 Å². The number of hydrogen-bond acceptors (Lipinski definition) is 6. The lowest BCUT2D eigenvalue weighted by Crippen LogP contribution is -2.24. The first-order valence-corrected chi connectivity index (χ1v) is 8.29. The number of aromatic nitrogens is 2. The van der Waals surface area contributed by atoms with Crippen LogP contribution in [0.3, 0.4) is 0 Å². The molecule has 5 nitrogen and oxygen atoms in total. The Balaban J connectivity index is 2.26. The van der Waals surface area contributed by atoms with Crippen LogP contribution in [0.2, 0.25) is 0 Å². The number of nitrogens with zero attached hydrogens (tertiary/aromatic N) is 2. The Bertz CT molecular complexity index is 586. The average Bonchev–Trinajstić information content (AvgIpc) is 2.76. The van der Waals surface area contributed by atoms with Crippen molar-refractivity contribution < 1.29 is 9.53 Å². The number of carbonyl (C=O) groups excluding carboxylic acids is 1. The lowest BCUT2D eigenvalue weighted by atomic mass is 10.2. The highest BCUT2D eigenvalue weighted by molar-refractivity contribution is 8.00. The fourth-order valence-corrected chi connectivity index (χ4v) is 3.98. The third kappa shape index (κ3) is 3.03. The van der Waals surface area contributed by atoms with Gasteiger partial charge in [0.1, 0.15) is 5.25 Å². The van der Waals surface area contributed by atoms with Crippen LogP contribution >= 0.6 is 23.5 Å². The van der Waals surface area contributed by atoms with Gasteiger partial charge >= 0.3 is 5.97 Å². The number of hydrogen-bond donors (Lipinski definition) is 0. The van der Waals surface area contributed by atoms with Crippen molar-refractivity contribution in [3.05, 3.63) is 16.0 Å². The van der Waals surface area contributed by atoms with Gasteiger partial charge in [-0.25, -0.2) is 4.98 Å². The van der Waals surface area contributed by atoms with Crippen molar-refractivity contribution in [2.75, 3.05) is 6.61 Å². The first kappa shape index (κ1) is 15.4. The molecule has 0 fully saturated rings. The van der Waals surface area contributed by atoms with Gasteiger partial charge in [-0.15, -0.1) is 11.8 Å². The molecule has 110 valence electrons.